The van der Waals surface area contributed by atoms with Crippen LogP contribution in [0.2, 0.25) is 0 Å². The van der Waals surface area contributed by atoms with Gasteiger partial charge >= 0.3 is 6.03 Å². The monoisotopic (exact) mass is 347 g/mol. The number of aromatic nitrogens is 2. The number of anilines is 2. The molecule has 0 bridgehead atoms. The van der Waals surface area contributed by atoms with Gasteiger partial charge in [-0.15, -0.1) is 0 Å². The second kappa shape index (κ2) is 9.05. The van der Waals surface area contributed by atoms with E-state index in [-0.39, 0.29) is 12.6 Å². The molecule has 25 heavy (non-hydrogen) atoms. The summed E-state index contributed by atoms with van der Waals surface area (Å²) in [5, 5.41) is 19.3. The molecule has 0 aliphatic heterocycles. The largest absolute Gasteiger partial charge is 0.491 e. The lowest BCUT2D eigenvalue weighted by Crippen LogP contribution is -2.30. The molecule has 8 heteroatoms. The highest BCUT2D eigenvalue weighted by Crippen LogP contribution is 2.16. The van der Waals surface area contributed by atoms with Crippen molar-refractivity contribution in [2.75, 3.05) is 37.9 Å². The van der Waals surface area contributed by atoms with Crippen LogP contribution in [0, 0.1) is 0 Å². The minimum Gasteiger partial charge on any atom is -0.491 e. The quantitative estimate of drug-likeness (QED) is 0.678. The third-order valence-corrected chi connectivity index (χ3v) is 3.35. The number of benzene rings is 1. The van der Waals surface area contributed by atoms with Crippen LogP contribution in [0.15, 0.2) is 36.7 Å². The Morgan fingerprint density at radius 2 is 1.96 bits per heavy atom. The molecule has 2 aromatic rings. The lowest BCUT2D eigenvalue weighted by Gasteiger charge is -2.16. The Kier molecular flexibility index (Phi) is 6.79. The Morgan fingerprint density at radius 1 is 1.28 bits per heavy atom. The lowest BCUT2D eigenvalue weighted by atomic mass is 10.3. The number of likely N-dealkylation sites (N-methyl/N-ethyl adjacent to an activating group) is 1. The molecule has 136 valence electrons. The van der Waals surface area contributed by atoms with E-state index in [4.69, 9.17) is 4.74 Å². The van der Waals surface area contributed by atoms with E-state index in [2.05, 4.69) is 15.7 Å². The number of hydrogen-bond donors (Lipinski definition) is 3. The van der Waals surface area contributed by atoms with Gasteiger partial charge in [0, 0.05) is 25.0 Å². The van der Waals surface area contributed by atoms with Crippen molar-refractivity contribution in [1.82, 2.24) is 14.7 Å². The number of nitrogens with zero attached hydrogens (tertiary/aromatic N) is 3. The van der Waals surface area contributed by atoms with E-state index in [0.717, 1.165) is 6.54 Å². The highest BCUT2D eigenvalue weighted by atomic mass is 16.5. The molecule has 0 saturated heterocycles. The summed E-state index contributed by atoms with van der Waals surface area (Å²) in [6.07, 6.45) is 2.80. The number of nitrogens with one attached hydrogen (secondary N) is 2. The molecule has 1 heterocycles. The van der Waals surface area contributed by atoms with Gasteiger partial charge < -0.3 is 25.4 Å². The molecule has 1 atom stereocenters. The number of carbonyl (C=O) groups excluding carboxylic acids is 1. The highest BCUT2D eigenvalue weighted by Gasteiger charge is 2.07. The topological polar surface area (TPSA) is 91.7 Å². The molecular weight excluding hydrogens is 322 g/mol. The van der Waals surface area contributed by atoms with Crippen LogP contribution in [0.1, 0.15) is 6.92 Å². The number of hydrogen-bond acceptors (Lipinski definition) is 5. The summed E-state index contributed by atoms with van der Waals surface area (Å²) in [6.45, 7) is 3.47. The SMILES string of the molecule is CCn1cc(NC(=O)Nc2ccc(OC[C@H](O)CN(C)C)cc2)cn1. The molecule has 0 aliphatic rings. The molecule has 2 rings (SSSR count). The van der Waals surface area contributed by atoms with Gasteiger partial charge in [0.15, 0.2) is 0 Å². The fourth-order valence-electron chi connectivity index (χ4n) is 2.20. The van der Waals surface area contributed by atoms with Gasteiger partial charge in [-0.25, -0.2) is 4.79 Å². The first kappa shape index (κ1) is 18.8. The van der Waals surface area contributed by atoms with Crippen molar-refractivity contribution in [3.8, 4) is 5.75 Å². The van der Waals surface area contributed by atoms with Crippen LogP contribution in [0.5, 0.6) is 5.75 Å². The van der Waals surface area contributed by atoms with Crippen molar-refractivity contribution >= 4 is 17.4 Å². The van der Waals surface area contributed by atoms with Gasteiger partial charge in [-0.05, 0) is 45.3 Å². The van der Waals surface area contributed by atoms with E-state index in [9.17, 15) is 9.90 Å². The third-order valence-electron chi connectivity index (χ3n) is 3.35. The third kappa shape index (κ3) is 6.44. The van der Waals surface area contributed by atoms with Gasteiger partial charge in [-0.1, -0.05) is 0 Å². The van der Waals surface area contributed by atoms with Crippen LogP contribution >= 0.6 is 0 Å². The normalized spacial score (nSPS) is 12.0. The molecule has 0 spiro atoms. The molecule has 1 aromatic carbocycles. The van der Waals surface area contributed by atoms with Crippen molar-refractivity contribution in [1.29, 1.82) is 0 Å². The molecule has 0 fully saturated rings. The van der Waals surface area contributed by atoms with Crippen molar-refractivity contribution in [3.63, 3.8) is 0 Å². The average molecular weight is 347 g/mol. The number of aryl methyl sites for hydroxylation is 1. The predicted octanol–water partition coefficient (Wildman–Crippen LogP) is 1.85. The summed E-state index contributed by atoms with van der Waals surface area (Å²) < 4.78 is 7.25. The molecule has 0 radical (unpaired) electrons. The van der Waals surface area contributed by atoms with Crippen LogP contribution in [0.25, 0.3) is 0 Å². The van der Waals surface area contributed by atoms with Crippen LogP contribution in [0.4, 0.5) is 16.2 Å². The maximum atomic E-state index is 12.0. The Morgan fingerprint density at radius 3 is 2.56 bits per heavy atom. The van der Waals surface area contributed by atoms with Crippen LogP contribution in [0.3, 0.4) is 0 Å². The molecule has 8 nitrogen and oxygen atoms in total. The van der Waals surface area contributed by atoms with Gasteiger partial charge in [-0.3, -0.25) is 4.68 Å². The number of aliphatic hydroxyl groups excluding tert-OH is 1. The van der Waals surface area contributed by atoms with Crippen molar-refractivity contribution < 1.29 is 14.6 Å². The first-order valence-corrected chi connectivity index (χ1v) is 8.12. The Bertz CT molecular complexity index is 669. The maximum absolute atomic E-state index is 12.0. The van der Waals surface area contributed by atoms with Crippen molar-refractivity contribution in [2.24, 2.45) is 0 Å². The van der Waals surface area contributed by atoms with Crippen molar-refractivity contribution in [3.05, 3.63) is 36.7 Å². The number of ether oxygens (including phenoxy) is 1. The molecule has 1 aromatic heterocycles. The molecular formula is C17H25N5O3. The average Bonchev–Trinajstić information content (AvgIpc) is 3.01. The highest BCUT2D eigenvalue weighted by molar-refractivity contribution is 5.99. The van der Waals surface area contributed by atoms with E-state index in [1.54, 1.807) is 41.3 Å². The number of rotatable bonds is 8. The first-order valence-electron chi connectivity index (χ1n) is 8.12. The van der Waals surface area contributed by atoms with Crippen molar-refractivity contribution in [2.45, 2.75) is 19.6 Å². The van der Waals surface area contributed by atoms with Crippen LogP contribution in [-0.4, -0.2) is 59.2 Å². The fraction of sp³-hybridized carbons (Fsp3) is 0.412. The van der Waals surface area contributed by atoms with E-state index < -0.39 is 6.10 Å². The first-order chi connectivity index (χ1) is 12.0. The predicted molar refractivity (Wildman–Crippen MR) is 97.0 cm³/mol. The molecule has 0 unspecified atom stereocenters. The summed E-state index contributed by atoms with van der Waals surface area (Å²) in [5.41, 5.74) is 1.27. The summed E-state index contributed by atoms with van der Waals surface area (Å²) in [6, 6.07) is 6.62. The molecule has 2 amide bonds. The molecule has 3 N–H and O–H groups in total. The van der Waals surface area contributed by atoms with E-state index in [1.807, 2.05) is 25.9 Å². The number of aliphatic hydroxyl groups is 1. The fourth-order valence-corrected chi connectivity index (χ4v) is 2.20. The lowest BCUT2D eigenvalue weighted by molar-refractivity contribution is 0.0831. The second-order valence-electron chi connectivity index (χ2n) is 5.92. The summed E-state index contributed by atoms with van der Waals surface area (Å²) >= 11 is 0. The number of amides is 2. The Labute approximate surface area is 147 Å². The summed E-state index contributed by atoms with van der Waals surface area (Å²) in [5.74, 6) is 0.632. The number of carbonyl (C=O) groups is 1. The zero-order chi connectivity index (χ0) is 18.2. The maximum Gasteiger partial charge on any atom is 0.323 e. The van der Waals surface area contributed by atoms with Gasteiger partial charge in [0.2, 0.25) is 0 Å². The van der Waals surface area contributed by atoms with E-state index in [0.29, 0.717) is 23.7 Å². The van der Waals surface area contributed by atoms with Gasteiger partial charge in [0.25, 0.3) is 0 Å². The van der Waals surface area contributed by atoms with Crippen LogP contribution in [-0.2, 0) is 6.54 Å². The number of urea groups is 1. The minimum absolute atomic E-state index is 0.215. The van der Waals surface area contributed by atoms with E-state index in [1.165, 1.54) is 0 Å². The minimum atomic E-state index is -0.553. The van der Waals surface area contributed by atoms with E-state index >= 15 is 0 Å². The molecule has 0 saturated carbocycles. The van der Waals surface area contributed by atoms with Crippen LogP contribution < -0.4 is 15.4 Å². The van der Waals surface area contributed by atoms with Gasteiger partial charge in [0.05, 0.1) is 11.9 Å². The smallest absolute Gasteiger partial charge is 0.323 e. The Balaban J connectivity index is 1.80. The zero-order valence-electron chi connectivity index (χ0n) is 14.8. The second-order valence-corrected chi connectivity index (χ2v) is 5.92. The molecule has 0 aliphatic carbocycles. The standard InChI is InChI=1S/C17H25N5O3/c1-4-22-10-14(9-18-22)20-17(24)19-13-5-7-16(8-6-13)25-12-15(23)11-21(2)3/h5-10,15,23H,4,11-12H2,1-3H3,(H2,19,20,24)/t15-/m1/s1. The Hall–Kier alpha value is -2.58. The summed E-state index contributed by atoms with van der Waals surface area (Å²) in [4.78, 5) is 13.8. The van der Waals surface area contributed by atoms with Gasteiger partial charge in [0.1, 0.15) is 18.5 Å². The zero-order valence-corrected chi connectivity index (χ0v) is 14.8. The summed E-state index contributed by atoms with van der Waals surface area (Å²) in [7, 11) is 3.78. The van der Waals surface area contributed by atoms with Gasteiger partial charge in [-0.2, -0.15) is 5.10 Å².